The maximum absolute atomic E-state index is 13.0. The molecule has 3 aromatic heterocycles. The Bertz CT molecular complexity index is 948. The van der Waals surface area contributed by atoms with Crippen LogP contribution in [0.1, 0.15) is 23.4 Å². The van der Waals surface area contributed by atoms with Gasteiger partial charge in [0.15, 0.2) is 5.65 Å². The normalized spacial score (nSPS) is 17.1. The topological polar surface area (TPSA) is 80.7 Å². The number of anilines is 1. The highest BCUT2D eigenvalue weighted by Crippen LogP contribution is 2.28. The predicted molar refractivity (Wildman–Crippen MR) is 92.9 cm³/mol. The van der Waals surface area contributed by atoms with Gasteiger partial charge in [-0.05, 0) is 31.2 Å². The van der Waals surface area contributed by atoms with Crippen LogP contribution in [-0.4, -0.2) is 57.6 Å². The first-order valence-electron chi connectivity index (χ1n) is 8.83. The molecule has 11 heteroatoms. The van der Waals surface area contributed by atoms with E-state index < -0.39 is 12.0 Å². The monoisotopic (exact) mass is 396 g/mol. The number of alkyl halides is 3. The number of hydrogen-bond donors (Lipinski definition) is 1. The Morgan fingerprint density at radius 3 is 2.61 bits per heavy atom. The molecule has 4 heterocycles. The third-order valence-electron chi connectivity index (χ3n) is 4.57. The molecule has 1 fully saturated rings. The second kappa shape index (κ2) is 7.40. The minimum absolute atomic E-state index is 0.0317. The Kier molecular flexibility index (Phi) is 4.94. The lowest BCUT2D eigenvalue weighted by atomic mass is 10.1. The molecule has 0 aromatic carbocycles. The Balaban J connectivity index is 1.56. The van der Waals surface area contributed by atoms with E-state index in [-0.39, 0.29) is 11.7 Å². The number of rotatable bonds is 5. The third kappa shape index (κ3) is 3.80. The van der Waals surface area contributed by atoms with Gasteiger partial charge in [0, 0.05) is 19.6 Å². The zero-order chi connectivity index (χ0) is 19.7. The molecule has 0 saturated carbocycles. The minimum Gasteiger partial charge on any atom is -0.465 e. The summed E-state index contributed by atoms with van der Waals surface area (Å²) >= 11 is 0. The van der Waals surface area contributed by atoms with E-state index >= 15 is 0 Å². The lowest BCUT2D eigenvalue weighted by Crippen LogP contribution is -2.41. The summed E-state index contributed by atoms with van der Waals surface area (Å²) in [7, 11) is 0. The first kappa shape index (κ1) is 18.7. The maximum atomic E-state index is 13.0. The zero-order valence-electron chi connectivity index (χ0n) is 15.1. The summed E-state index contributed by atoms with van der Waals surface area (Å²) in [6.07, 6.45) is -4.63. The SMILES string of the molecule is Cc1ccc(C(CNc2ccc3nnc(C(F)(F)F)n3n2)N2CCOCC2)o1. The quantitative estimate of drug-likeness (QED) is 0.710. The van der Waals surface area contributed by atoms with E-state index in [4.69, 9.17) is 9.15 Å². The first-order valence-corrected chi connectivity index (χ1v) is 8.83. The van der Waals surface area contributed by atoms with Crippen LogP contribution in [0, 0.1) is 6.92 Å². The highest BCUT2D eigenvalue weighted by molar-refractivity contribution is 5.44. The van der Waals surface area contributed by atoms with Crippen LogP contribution in [0.4, 0.5) is 19.0 Å². The van der Waals surface area contributed by atoms with Crippen molar-refractivity contribution in [2.75, 3.05) is 38.2 Å². The van der Waals surface area contributed by atoms with Crippen molar-refractivity contribution in [3.05, 3.63) is 41.6 Å². The number of nitrogens with zero attached hydrogens (tertiary/aromatic N) is 5. The van der Waals surface area contributed by atoms with E-state index in [0.717, 1.165) is 24.6 Å². The highest BCUT2D eigenvalue weighted by atomic mass is 19.4. The second-order valence-corrected chi connectivity index (χ2v) is 6.50. The Morgan fingerprint density at radius 1 is 1.14 bits per heavy atom. The van der Waals surface area contributed by atoms with E-state index in [9.17, 15) is 13.2 Å². The van der Waals surface area contributed by atoms with Gasteiger partial charge in [-0.3, -0.25) is 4.90 Å². The summed E-state index contributed by atoms with van der Waals surface area (Å²) in [5.74, 6) is 0.720. The fraction of sp³-hybridized carbons (Fsp3) is 0.471. The van der Waals surface area contributed by atoms with Gasteiger partial charge in [-0.2, -0.15) is 17.7 Å². The minimum atomic E-state index is -4.63. The number of nitrogens with one attached hydrogen (secondary N) is 1. The fourth-order valence-corrected chi connectivity index (χ4v) is 3.19. The van der Waals surface area contributed by atoms with E-state index in [0.29, 0.717) is 30.1 Å². The molecule has 1 N–H and O–H groups in total. The van der Waals surface area contributed by atoms with Crippen LogP contribution in [0.25, 0.3) is 5.65 Å². The molecule has 1 aliphatic heterocycles. The maximum Gasteiger partial charge on any atom is 0.453 e. The largest absolute Gasteiger partial charge is 0.465 e. The van der Waals surface area contributed by atoms with Gasteiger partial charge in [0.2, 0.25) is 0 Å². The molecule has 0 bridgehead atoms. The van der Waals surface area contributed by atoms with Gasteiger partial charge >= 0.3 is 6.18 Å². The third-order valence-corrected chi connectivity index (χ3v) is 4.57. The van der Waals surface area contributed by atoms with Crippen molar-refractivity contribution in [1.82, 2.24) is 24.7 Å². The summed E-state index contributed by atoms with van der Waals surface area (Å²) in [5.41, 5.74) is 0.0317. The first-order chi connectivity index (χ1) is 13.4. The molecule has 4 rings (SSSR count). The molecular formula is C17H19F3N6O2. The number of hydrogen-bond acceptors (Lipinski definition) is 7. The molecule has 1 aliphatic rings. The van der Waals surface area contributed by atoms with Gasteiger partial charge in [-0.1, -0.05) is 0 Å². The van der Waals surface area contributed by atoms with Crippen molar-refractivity contribution in [3.63, 3.8) is 0 Å². The van der Waals surface area contributed by atoms with Crippen LogP contribution in [0.3, 0.4) is 0 Å². The smallest absolute Gasteiger partial charge is 0.453 e. The van der Waals surface area contributed by atoms with Gasteiger partial charge in [-0.15, -0.1) is 15.3 Å². The van der Waals surface area contributed by atoms with Gasteiger partial charge < -0.3 is 14.5 Å². The Hall–Kier alpha value is -2.66. The van der Waals surface area contributed by atoms with Gasteiger partial charge in [0.25, 0.3) is 5.82 Å². The average molecular weight is 396 g/mol. The Morgan fingerprint density at radius 2 is 1.93 bits per heavy atom. The standard InChI is InChI=1S/C17H19F3N6O2/c1-11-2-3-13(28-11)12(25-6-8-27-9-7-25)10-21-14-4-5-15-22-23-16(17(18,19)20)26(15)24-14/h2-5,12H,6-10H2,1H3,(H,21,24). The molecule has 1 atom stereocenters. The van der Waals surface area contributed by atoms with Crippen molar-refractivity contribution >= 4 is 11.5 Å². The molecular weight excluding hydrogens is 377 g/mol. The lowest BCUT2D eigenvalue weighted by Gasteiger charge is -2.33. The molecule has 8 nitrogen and oxygen atoms in total. The summed E-state index contributed by atoms with van der Waals surface area (Å²) in [6.45, 7) is 5.00. The molecule has 0 radical (unpaired) electrons. The number of ether oxygens (including phenoxy) is 1. The summed E-state index contributed by atoms with van der Waals surface area (Å²) in [5, 5.41) is 13.8. The van der Waals surface area contributed by atoms with E-state index in [2.05, 4.69) is 25.5 Å². The van der Waals surface area contributed by atoms with E-state index in [1.807, 2.05) is 19.1 Å². The number of halogens is 3. The second-order valence-electron chi connectivity index (χ2n) is 6.50. The molecule has 0 amide bonds. The molecule has 150 valence electrons. The van der Waals surface area contributed by atoms with Crippen molar-refractivity contribution < 1.29 is 22.3 Å². The van der Waals surface area contributed by atoms with Gasteiger partial charge in [-0.25, -0.2) is 0 Å². The van der Waals surface area contributed by atoms with E-state index in [1.165, 1.54) is 6.07 Å². The van der Waals surface area contributed by atoms with Crippen molar-refractivity contribution in [2.24, 2.45) is 0 Å². The Labute approximate surface area is 158 Å². The van der Waals surface area contributed by atoms with Crippen LogP contribution < -0.4 is 5.32 Å². The summed E-state index contributed by atoms with van der Waals surface area (Å²) < 4.78 is 51.0. The van der Waals surface area contributed by atoms with Crippen LogP contribution in [0.2, 0.25) is 0 Å². The number of aromatic nitrogens is 4. The highest BCUT2D eigenvalue weighted by Gasteiger charge is 2.37. The number of furan rings is 1. The van der Waals surface area contributed by atoms with Crippen LogP contribution >= 0.6 is 0 Å². The molecule has 0 aliphatic carbocycles. The number of fused-ring (bicyclic) bond motifs is 1. The molecule has 1 unspecified atom stereocenters. The zero-order valence-corrected chi connectivity index (χ0v) is 15.1. The molecule has 3 aromatic rings. The van der Waals surface area contributed by atoms with Gasteiger partial charge in [0.05, 0.1) is 19.3 Å². The molecule has 1 saturated heterocycles. The van der Waals surface area contributed by atoms with Crippen molar-refractivity contribution in [2.45, 2.75) is 19.1 Å². The lowest BCUT2D eigenvalue weighted by molar-refractivity contribution is -0.146. The number of morpholine rings is 1. The van der Waals surface area contributed by atoms with E-state index in [1.54, 1.807) is 6.07 Å². The van der Waals surface area contributed by atoms with Gasteiger partial charge in [0.1, 0.15) is 17.3 Å². The van der Waals surface area contributed by atoms with Crippen LogP contribution in [0.15, 0.2) is 28.7 Å². The summed E-state index contributed by atoms with van der Waals surface area (Å²) in [4.78, 5) is 2.22. The average Bonchev–Trinajstić information content (AvgIpc) is 3.28. The molecule has 0 spiro atoms. The van der Waals surface area contributed by atoms with Crippen LogP contribution in [-0.2, 0) is 10.9 Å². The van der Waals surface area contributed by atoms with Crippen LogP contribution in [0.5, 0.6) is 0 Å². The van der Waals surface area contributed by atoms with Crippen molar-refractivity contribution in [1.29, 1.82) is 0 Å². The van der Waals surface area contributed by atoms with Crippen molar-refractivity contribution in [3.8, 4) is 0 Å². The molecule has 28 heavy (non-hydrogen) atoms. The predicted octanol–water partition coefficient (Wildman–Crippen LogP) is 2.53. The number of aryl methyl sites for hydroxylation is 1. The summed E-state index contributed by atoms with van der Waals surface area (Å²) in [6, 6.07) is 6.72. The fourth-order valence-electron chi connectivity index (χ4n) is 3.19.